The van der Waals surface area contributed by atoms with Crippen LogP contribution in [0.25, 0.3) is 22.1 Å². The van der Waals surface area contributed by atoms with Gasteiger partial charge in [-0.3, -0.25) is 4.79 Å². The fraction of sp³-hybridized carbons (Fsp3) is 0.524. The molecule has 3 rings (SSSR count). The third kappa shape index (κ3) is 3.85. The molecule has 0 fully saturated rings. The van der Waals surface area contributed by atoms with Crippen LogP contribution in [0, 0.1) is 0 Å². The summed E-state index contributed by atoms with van der Waals surface area (Å²) < 4.78 is 2.15. The number of amides is 1. The van der Waals surface area contributed by atoms with E-state index in [2.05, 4.69) is 55.4 Å². The molecule has 0 bridgehead atoms. The number of rotatable bonds is 8. The average Bonchev–Trinajstić information content (AvgIpc) is 3.04. The molecule has 6 nitrogen and oxygen atoms in total. The number of hydrogen-bond donors (Lipinski definition) is 0. The van der Waals surface area contributed by atoms with Crippen molar-refractivity contribution in [2.75, 3.05) is 5.75 Å². The van der Waals surface area contributed by atoms with E-state index in [9.17, 15) is 4.79 Å². The van der Waals surface area contributed by atoms with Crippen LogP contribution in [0.5, 0.6) is 0 Å². The summed E-state index contributed by atoms with van der Waals surface area (Å²) in [4.78, 5) is 19.6. The number of hydrogen-bond acceptors (Lipinski definition) is 5. The summed E-state index contributed by atoms with van der Waals surface area (Å²) in [5.74, 6) is 0.460. The first kappa shape index (κ1) is 20.6. The Morgan fingerprint density at radius 2 is 1.79 bits per heavy atom. The van der Waals surface area contributed by atoms with Gasteiger partial charge in [0.1, 0.15) is 5.52 Å². The summed E-state index contributed by atoms with van der Waals surface area (Å²) >= 11 is 1.37. The third-order valence-electron chi connectivity index (χ3n) is 5.41. The van der Waals surface area contributed by atoms with E-state index >= 15 is 0 Å². The van der Waals surface area contributed by atoms with Crippen LogP contribution >= 0.6 is 11.8 Å². The number of carbonyl (C=O) groups excluding carboxylic acids is 1. The highest BCUT2D eigenvalue weighted by Crippen LogP contribution is 2.27. The van der Waals surface area contributed by atoms with Crippen LogP contribution in [-0.4, -0.2) is 48.4 Å². The molecule has 1 aromatic carbocycles. The summed E-state index contributed by atoms with van der Waals surface area (Å²) in [6.07, 6.45) is 1.89. The van der Waals surface area contributed by atoms with Crippen molar-refractivity contribution in [3.05, 3.63) is 24.3 Å². The Morgan fingerprint density at radius 3 is 2.43 bits per heavy atom. The Bertz CT molecular complexity index is 960. The van der Waals surface area contributed by atoms with Gasteiger partial charge in [-0.2, -0.15) is 0 Å². The largest absolute Gasteiger partial charge is 0.337 e. The Morgan fingerprint density at radius 1 is 1.11 bits per heavy atom. The molecule has 2 atom stereocenters. The number of thioether (sulfide) groups is 1. The van der Waals surface area contributed by atoms with Gasteiger partial charge >= 0.3 is 0 Å². The molecule has 1 amide bonds. The fourth-order valence-corrected chi connectivity index (χ4v) is 4.24. The second-order valence-electron chi connectivity index (χ2n) is 7.13. The zero-order valence-corrected chi connectivity index (χ0v) is 18.2. The molecule has 28 heavy (non-hydrogen) atoms. The number of fused-ring (bicyclic) bond motifs is 3. The fourth-order valence-electron chi connectivity index (χ4n) is 3.59. The zero-order chi connectivity index (χ0) is 20.3. The second kappa shape index (κ2) is 8.90. The normalized spacial score (nSPS) is 13.8. The number of para-hydroxylation sites is 1. The first-order valence-electron chi connectivity index (χ1n) is 10.1. The number of nitrogens with zero attached hydrogens (tertiary/aromatic N) is 5. The zero-order valence-electron chi connectivity index (χ0n) is 17.3. The monoisotopic (exact) mass is 399 g/mol. The van der Waals surface area contributed by atoms with Crippen molar-refractivity contribution in [2.24, 2.45) is 0 Å². The molecule has 7 heteroatoms. The molecule has 0 aliphatic rings. The van der Waals surface area contributed by atoms with Crippen LogP contribution in [-0.2, 0) is 11.3 Å². The summed E-state index contributed by atoms with van der Waals surface area (Å²) in [6, 6.07) is 8.61. The lowest BCUT2D eigenvalue weighted by atomic mass is 10.1. The van der Waals surface area contributed by atoms with E-state index in [4.69, 9.17) is 4.98 Å². The second-order valence-corrected chi connectivity index (χ2v) is 8.07. The van der Waals surface area contributed by atoms with Crippen LogP contribution in [0.4, 0.5) is 0 Å². The molecule has 0 unspecified atom stereocenters. The van der Waals surface area contributed by atoms with Crippen LogP contribution in [0.15, 0.2) is 29.4 Å². The Hall–Kier alpha value is -2.15. The first-order chi connectivity index (χ1) is 13.5. The van der Waals surface area contributed by atoms with Gasteiger partial charge in [0.25, 0.3) is 0 Å². The SMILES string of the molecule is CC[C@@H](C)N(C(=O)CSc1nnc2c3ccccc3n(CC)c2n1)[C@H](C)CC. The van der Waals surface area contributed by atoms with Crippen molar-refractivity contribution < 1.29 is 4.79 Å². The maximum atomic E-state index is 12.9. The van der Waals surface area contributed by atoms with Crippen molar-refractivity contribution in [1.82, 2.24) is 24.6 Å². The lowest BCUT2D eigenvalue weighted by Crippen LogP contribution is -2.45. The van der Waals surface area contributed by atoms with E-state index in [0.29, 0.717) is 10.9 Å². The van der Waals surface area contributed by atoms with Crippen molar-refractivity contribution in [2.45, 2.75) is 71.2 Å². The molecule has 0 radical (unpaired) electrons. The molecule has 2 aromatic heterocycles. The predicted octanol–water partition coefficient (Wildman–Crippen LogP) is 4.52. The van der Waals surface area contributed by atoms with E-state index in [0.717, 1.165) is 41.5 Å². The summed E-state index contributed by atoms with van der Waals surface area (Å²) in [5, 5.41) is 10.3. The topological polar surface area (TPSA) is 63.9 Å². The van der Waals surface area contributed by atoms with Crippen LogP contribution in [0.1, 0.15) is 47.5 Å². The van der Waals surface area contributed by atoms with Crippen molar-refractivity contribution in [1.29, 1.82) is 0 Å². The summed E-state index contributed by atoms with van der Waals surface area (Å²) in [5.41, 5.74) is 2.75. The minimum absolute atomic E-state index is 0.133. The number of aryl methyl sites for hydroxylation is 1. The quantitative estimate of drug-likeness (QED) is 0.521. The molecule has 0 aliphatic carbocycles. The van der Waals surface area contributed by atoms with E-state index in [1.807, 2.05) is 23.1 Å². The van der Waals surface area contributed by atoms with Gasteiger partial charge in [0.2, 0.25) is 11.1 Å². The lowest BCUT2D eigenvalue weighted by molar-refractivity contribution is -0.132. The molecule has 3 aromatic rings. The van der Waals surface area contributed by atoms with Gasteiger partial charge in [0, 0.05) is 24.0 Å². The van der Waals surface area contributed by atoms with Gasteiger partial charge in [-0.25, -0.2) is 4.98 Å². The molecule has 2 heterocycles. The molecule has 0 saturated heterocycles. The van der Waals surface area contributed by atoms with Crippen LogP contribution in [0.3, 0.4) is 0 Å². The number of benzene rings is 1. The maximum absolute atomic E-state index is 12.9. The highest BCUT2D eigenvalue weighted by Gasteiger charge is 2.24. The van der Waals surface area contributed by atoms with E-state index in [1.165, 1.54) is 11.8 Å². The third-order valence-corrected chi connectivity index (χ3v) is 6.24. The van der Waals surface area contributed by atoms with Crippen LogP contribution < -0.4 is 0 Å². The van der Waals surface area contributed by atoms with E-state index in [-0.39, 0.29) is 18.0 Å². The smallest absolute Gasteiger partial charge is 0.233 e. The lowest BCUT2D eigenvalue weighted by Gasteiger charge is -2.33. The van der Waals surface area contributed by atoms with E-state index < -0.39 is 0 Å². The Balaban J connectivity index is 1.84. The Kier molecular flexibility index (Phi) is 6.54. The summed E-state index contributed by atoms with van der Waals surface area (Å²) in [6.45, 7) is 11.4. The van der Waals surface area contributed by atoms with E-state index in [1.54, 1.807) is 0 Å². The Labute approximate surface area is 170 Å². The highest BCUT2D eigenvalue weighted by atomic mass is 32.2. The molecule has 150 valence electrons. The molecular weight excluding hydrogens is 370 g/mol. The molecule has 0 aliphatic heterocycles. The molecule has 0 saturated carbocycles. The summed E-state index contributed by atoms with van der Waals surface area (Å²) in [7, 11) is 0. The van der Waals surface area contributed by atoms with Crippen LogP contribution in [0.2, 0.25) is 0 Å². The molecule has 0 spiro atoms. The standard InChI is InChI=1S/C21H29N5OS/c1-6-14(4)26(15(5)7-2)18(27)13-28-21-22-20-19(23-24-21)16-11-9-10-12-17(16)25(20)8-3/h9-12,14-15H,6-8,13H2,1-5H3/t14-,15-/m1/s1. The maximum Gasteiger partial charge on any atom is 0.233 e. The minimum Gasteiger partial charge on any atom is -0.337 e. The first-order valence-corrected chi connectivity index (χ1v) is 11.1. The highest BCUT2D eigenvalue weighted by molar-refractivity contribution is 7.99. The predicted molar refractivity (Wildman–Crippen MR) is 116 cm³/mol. The van der Waals surface area contributed by atoms with Crippen molar-refractivity contribution in [3.63, 3.8) is 0 Å². The van der Waals surface area contributed by atoms with Crippen molar-refractivity contribution in [3.8, 4) is 0 Å². The average molecular weight is 400 g/mol. The minimum atomic E-state index is 0.133. The van der Waals surface area contributed by atoms with Gasteiger partial charge in [-0.1, -0.05) is 43.8 Å². The van der Waals surface area contributed by atoms with Gasteiger partial charge < -0.3 is 9.47 Å². The van der Waals surface area contributed by atoms with Gasteiger partial charge in [0.05, 0.1) is 11.3 Å². The number of carbonyl (C=O) groups is 1. The van der Waals surface area contributed by atoms with Gasteiger partial charge in [-0.15, -0.1) is 10.2 Å². The molecular formula is C21H29N5OS. The van der Waals surface area contributed by atoms with Gasteiger partial charge in [0.15, 0.2) is 5.65 Å². The number of aromatic nitrogens is 4. The van der Waals surface area contributed by atoms with Crippen molar-refractivity contribution >= 4 is 39.7 Å². The van der Waals surface area contributed by atoms with Gasteiger partial charge in [-0.05, 0) is 39.7 Å². The molecule has 0 N–H and O–H groups in total.